The Morgan fingerprint density at radius 1 is 0.974 bits per heavy atom. The molecule has 208 valence electrons. The topological polar surface area (TPSA) is 102 Å². The highest BCUT2D eigenvalue weighted by Gasteiger charge is 2.34. The Morgan fingerprint density at radius 3 is 2.28 bits per heavy atom. The number of methoxy groups -OCH3 is 1. The predicted molar refractivity (Wildman–Crippen MR) is 142 cm³/mol. The molecule has 0 saturated carbocycles. The molecule has 0 aliphatic carbocycles. The van der Waals surface area contributed by atoms with Crippen molar-refractivity contribution in [3.8, 4) is 5.75 Å². The number of benzene rings is 3. The van der Waals surface area contributed by atoms with Gasteiger partial charge in [0.05, 0.1) is 19.1 Å². The summed E-state index contributed by atoms with van der Waals surface area (Å²) in [6, 6.07) is 14.5. The molecule has 6 nitrogen and oxygen atoms in total. The Morgan fingerprint density at radius 2 is 1.67 bits per heavy atom. The Balaban J connectivity index is 1.83. The lowest BCUT2D eigenvalue weighted by molar-refractivity contribution is -0.125. The number of aliphatic hydroxyl groups excluding tert-OH is 1. The average Bonchev–Trinajstić information content (AvgIpc) is 2.89. The van der Waals surface area contributed by atoms with Gasteiger partial charge < -0.3 is 20.9 Å². The van der Waals surface area contributed by atoms with Crippen molar-refractivity contribution in [2.24, 2.45) is 17.6 Å². The molecule has 9 heteroatoms. The number of carbonyl (C=O) groups is 2. The minimum atomic E-state index is -1.21. The summed E-state index contributed by atoms with van der Waals surface area (Å²) in [6.45, 7) is 2.49. The van der Waals surface area contributed by atoms with Crippen LogP contribution in [0.15, 0.2) is 60.7 Å². The summed E-state index contributed by atoms with van der Waals surface area (Å²) in [5.74, 6) is -6.03. The summed E-state index contributed by atoms with van der Waals surface area (Å²) in [5, 5.41) is 14.3. The van der Waals surface area contributed by atoms with Crippen molar-refractivity contribution in [3.05, 3.63) is 100 Å². The number of nitrogens with two attached hydrogens (primary N) is 1. The third-order valence-corrected chi connectivity index (χ3v) is 6.73. The number of rotatable bonds is 14. The van der Waals surface area contributed by atoms with E-state index >= 15 is 0 Å². The van der Waals surface area contributed by atoms with Crippen LogP contribution in [0.1, 0.15) is 40.4 Å². The van der Waals surface area contributed by atoms with E-state index < -0.39 is 53.5 Å². The van der Waals surface area contributed by atoms with E-state index in [0.717, 1.165) is 35.7 Å². The largest absolute Gasteiger partial charge is 0.494 e. The molecule has 0 aliphatic heterocycles. The van der Waals surface area contributed by atoms with Crippen molar-refractivity contribution in [3.63, 3.8) is 0 Å². The van der Waals surface area contributed by atoms with Crippen LogP contribution in [0.5, 0.6) is 5.75 Å². The van der Waals surface area contributed by atoms with E-state index in [4.69, 9.17) is 10.5 Å². The maximum Gasteiger partial charge on any atom is 0.221 e. The molecule has 0 bridgehead atoms. The van der Waals surface area contributed by atoms with Gasteiger partial charge in [0, 0.05) is 37.1 Å². The third-order valence-electron chi connectivity index (χ3n) is 6.73. The molecule has 0 aromatic heterocycles. The van der Waals surface area contributed by atoms with Crippen molar-refractivity contribution in [1.82, 2.24) is 5.32 Å². The summed E-state index contributed by atoms with van der Waals surface area (Å²) in [7, 11) is 1.29. The van der Waals surface area contributed by atoms with Crippen LogP contribution in [0.25, 0.3) is 0 Å². The van der Waals surface area contributed by atoms with E-state index in [9.17, 15) is 27.9 Å². The number of aryl methyl sites for hydroxylation is 1. The number of nitrogens with one attached hydrogen (secondary N) is 1. The van der Waals surface area contributed by atoms with Crippen LogP contribution in [0.4, 0.5) is 13.2 Å². The van der Waals surface area contributed by atoms with Crippen LogP contribution in [-0.4, -0.2) is 36.6 Å². The first-order valence-electron chi connectivity index (χ1n) is 12.7. The highest BCUT2D eigenvalue weighted by molar-refractivity contribution is 5.98. The van der Waals surface area contributed by atoms with Gasteiger partial charge in [-0.05, 0) is 59.9 Å². The molecule has 3 atom stereocenters. The molecular weight excluding hydrogens is 509 g/mol. The van der Waals surface area contributed by atoms with E-state index in [-0.39, 0.29) is 29.8 Å². The first kappa shape index (κ1) is 29.9. The fourth-order valence-electron chi connectivity index (χ4n) is 4.64. The minimum absolute atomic E-state index is 0.00137. The van der Waals surface area contributed by atoms with Crippen LogP contribution in [-0.2, 0) is 24.2 Å². The zero-order valence-corrected chi connectivity index (χ0v) is 21.9. The number of halogens is 3. The van der Waals surface area contributed by atoms with Crippen LogP contribution < -0.4 is 15.8 Å². The number of ketones is 1. The maximum absolute atomic E-state index is 14.2. The lowest BCUT2D eigenvalue weighted by Gasteiger charge is -2.29. The Labute approximate surface area is 226 Å². The van der Waals surface area contributed by atoms with E-state index in [2.05, 4.69) is 5.32 Å². The van der Waals surface area contributed by atoms with Gasteiger partial charge in [0.25, 0.3) is 0 Å². The zero-order chi connectivity index (χ0) is 28.5. The molecule has 3 aromatic carbocycles. The summed E-state index contributed by atoms with van der Waals surface area (Å²) in [5.41, 5.74) is 8.02. The summed E-state index contributed by atoms with van der Waals surface area (Å²) >= 11 is 0. The van der Waals surface area contributed by atoms with Crippen LogP contribution in [0.2, 0.25) is 0 Å². The van der Waals surface area contributed by atoms with Gasteiger partial charge in [0.15, 0.2) is 17.3 Å². The zero-order valence-electron chi connectivity index (χ0n) is 21.9. The molecule has 0 radical (unpaired) electrons. The number of amides is 1. The number of Topliss-reactive ketones (excluding diaryl/α,β-unsaturated/α-hetero) is 1. The van der Waals surface area contributed by atoms with Gasteiger partial charge in [-0.3, -0.25) is 9.59 Å². The molecule has 0 fully saturated rings. The molecule has 3 rings (SSSR count). The number of hydrogen-bond donors (Lipinski definition) is 3. The highest BCUT2D eigenvalue weighted by atomic mass is 19.1. The van der Waals surface area contributed by atoms with Gasteiger partial charge in [-0.25, -0.2) is 13.2 Å². The Kier molecular flexibility index (Phi) is 10.7. The standard InChI is InChI=1S/C30H33F3N2O4/c1-3-18-5-4-6-19(9-18)16-35-17-28(37)24(12-20-10-22(31)14-23(32)11-20)25(30(34)38)15-27(36)21-7-8-29(39-2)26(33)13-21/h4-11,13-14,24-25,28,35,37H,3,12,15-17H2,1-2H3,(H2,34,38). The normalized spacial score (nSPS) is 13.5. The molecular formula is C30H33F3N2O4. The Hall–Kier alpha value is -3.69. The van der Waals surface area contributed by atoms with Gasteiger partial charge >= 0.3 is 0 Å². The molecule has 3 aromatic rings. The number of hydrogen-bond acceptors (Lipinski definition) is 5. The summed E-state index contributed by atoms with van der Waals surface area (Å²) < 4.78 is 46.9. The molecule has 4 N–H and O–H groups in total. The lowest BCUT2D eigenvalue weighted by Crippen LogP contribution is -2.43. The maximum atomic E-state index is 14.2. The second-order valence-corrected chi connectivity index (χ2v) is 9.50. The van der Waals surface area contributed by atoms with Crippen LogP contribution in [0, 0.1) is 29.3 Å². The van der Waals surface area contributed by atoms with E-state index in [1.807, 2.05) is 31.2 Å². The van der Waals surface area contributed by atoms with Gasteiger partial charge in [0.2, 0.25) is 5.91 Å². The second-order valence-electron chi connectivity index (χ2n) is 9.50. The molecule has 0 saturated heterocycles. The van der Waals surface area contributed by atoms with Crippen molar-refractivity contribution in [1.29, 1.82) is 0 Å². The Bertz CT molecular complexity index is 1280. The quantitative estimate of drug-likeness (QED) is 0.263. The molecule has 1 amide bonds. The van der Waals surface area contributed by atoms with E-state index in [1.54, 1.807) is 0 Å². The summed E-state index contributed by atoms with van der Waals surface area (Å²) in [4.78, 5) is 25.6. The van der Waals surface area contributed by atoms with Gasteiger partial charge in [-0.1, -0.05) is 31.2 Å². The van der Waals surface area contributed by atoms with Crippen molar-refractivity contribution < 1.29 is 32.6 Å². The number of primary amides is 1. The predicted octanol–water partition coefficient (Wildman–Crippen LogP) is 4.36. The third kappa shape index (κ3) is 8.40. The van der Waals surface area contributed by atoms with Crippen LogP contribution >= 0.6 is 0 Å². The molecule has 3 unspecified atom stereocenters. The number of aliphatic hydroxyl groups is 1. The fourth-order valence-corrected chi connectivity index (χ4v) is 4.64. The number of carbonyl (C=O) groups excluding carboxylic acids is 2. The van der Waals surface area contributed by atoms with Gasteiger partial charge in [-0.15, -0.1) is 0 Å². The van der Waals surface area contributed by atoms with E-state index in [0.29, 0.717) is 12.6 Å². The second kappa shape index (κ2) is 13.9. The van der Waals surface area contributed by atoms with E-state index in [1.165, 1.54) is 19.2 Å². The molecule has 0 heterocycles. The van der Waals surface area contributed by atoms with Gasteiger partial charge in [-0.2, -0.15) is 0 Å². The first-order valence-corrected chi connectivity index (χ1v) is 12.7. The SMILES string of the molecule is CCc1cccc(CNCC(O)C(Cc2cc(F)cc(F)c2)C(CC(=O)c2ccc(OC)c(F)c2)C(N)=O)c1. The molecule has 39 heavy (non-hydrogen) atoms. The summed E-state index contributed by atoms with van der Waals surface area (Å²) in [6.07, 6.45) is -0.890. The monoisotopic (exact) mass is 542 g/mol. The number of ether oxygens (including phenoxy) is 1. The van der Waals surface area contributed by atoms with Crippen molar-refractivity contribution in [2.45, 2.75) is 38.8 Å². The van der Waals surface area contributed by atoms with Crippen molar-refractivity contribution in [2.75, 3.05) is 13.7 Å². The molecule has 0 spiro atoms. The highest BCUT2D eigenvalue weighted by Crippen LogP contribution is 2.28. The van der Waals surface area contributed by atoms with Crippen LogP contribution in [0.3, 0.4) is 0 Å². The van der Waals surface area contributed by atoms with Gasteiger partial charge in [0.1, 0.15) is 11.6 Å². The molecule has 0 aliphatic rings. The average molecular weight is 543 g/mol. The minimum Gasteiger partial charge on any atom is -0.494 e. The lowest BCUT2D eigenvalue weighted by atomic mass is 9.78. The fraction of sp³-hybridized carbons (Fsp3) is 0.333. The smallest absolute Gasteiger partial charge is 0.221 e. The first-order chi connectivity index (χ1) is 18.6. The van der Waals surface area contributed by atoms with Crippen molar-refractivity contribution >= 4 is 11.7 Å².